The summed E-state index contributed by atoms with van der Waals surface area (Å²) in [6, 6.07) is 3.72. The fourth-order valence-corrected chi connectivity index (χ4v) is 1.99. The Morgan fingerprint density at radius 1 is 1.28 bits per heavy atom. The number of aromatic nitrogens is 2. The van der Waals surface area contributed by atoms with E-state index in [4.69, 9.17) is 9.15 Å². The molecule has 0 aliphatic carbocycles. The van der Waals surface area contributed by atoms with E-state index in [-0.39, 0.29) is 5.41 Å². The molecular formula is C18H27N5O2. The van der Waals surface area contributed by atoms with E-state index in [1.807, 2.05) is 19.1 Å². The molecule has 0 unspecified atom stereocenters. The van der Waals surface area contributed by atoms with Crippen molar-refractivity contribution in [2.75, 3.05) is 19.7 Å². The van der Waals surface area contributed by atoms with Gasteiger partial charge in [0.1, 0.15) is 24.7 Å². The smallest absolute Gasteiger partial charge is 0.216 e. The first-order valence-corrected chi connectivity index (χ1v) is 8.49. The lowest BCUT2D eigenvalue weighted by atomic mass is 9.94. The van der Waals surface area contributed by atoms with Crippen LogP contribution in [0.25, 0.3) is 0 Å². The van der Waals surface area contributed by atoms with Crippen LogP contribution >= 0.6 is 0 Å². The van der Waals surface area contributed by atoms with Crippen molar-refractivity contribution in [3.63, 3.8) is 0 Å². The van der Waals surface area contributed by atoms with E-state index in [1.54, 1.807) is 18.6 Å². The Hall–Kier alpha value is -2.57. The minimum Gasteiger partial charge on any atom is -0.490 e. The third kappa shape index (κ3) is 6.45. The molecule has 0 aliphatic heterocycles. The second-order valence-electron chi connectivity index (χ2n) is 6.53. The van der Waals surface area contributed by atoms with Crippen LogP contribution in [-0.2, 0) is 12.0 Å². The van der Waals surface area contributed by atoms with E-state index < -0.39 is 0 Å². The van der Waals surface area contributed by atoms with Gasteiger partial charge in [-0.3, -0.25) is 4.98 Å². The molecule has 0 fully saturated rings. The maximum atomic E-state index is 5.75. The number of aliphatic imine (C=N–C) groups is 1. The van der Waals surface area contributed by atoms with Gasteiger partial charge < -0.3 is 19.8 Å². The van der Waals surface area contributed by atoms with Gasteiger partial charge in [0, 0.05) is 18.2 Å². The van der Waals surface area contributed by atoms with Crippen LogP contribution in [0, 0.1) is 0 Å². The summed E-state index contributed by atoms with van der Waals surface area (Å²) in [5.41, 5.74) is -0.0542. The molecule has 25 heavy (non-hydrogen) atoms. The zero-order valence-corrected chi connectivity index (χ0v) is 15.4. The highest BCUT2D eigenvalue weighted by atomic mass is 16.5. The number of guanidine groups is 1. The predicted molar refractivity (Wildman–Crippen MR) is 97.8 cm³/mol. The van der Waals surface area contributed by atoms with E-state index in [9.17, 15) is 0 Å². The van der Waals surface area contributed by atoms with Crippen LogP contribution in [-0.4, -0.2) is 35.6 Å². The van der Waals surface area contributed by atoms with Gasteiger partial charge in [-0.05, 0) is 19.1 Å². The molecule has 0 aromatic carbocycles. The van der Waals surface area contributed by atoms with E-state index in [0.29, 0.717) is 31.5 Å². The molecule has 0 atom stereocenters. The second kappa shape index (κ2) is 9.05. The van der Waals surface area contributed by atoms with E-state index in [2.05, 4.69) is 46.4 Å². The molecule has 2 heterocycles. The molecule has 136 valence electrons. The van der Waals surface area contributed by atoms with Crippen LogP contribution in [0.5, 0.6) is 5.75 Å². The van der Waals surface area contributed by atoms with E-state index in [0.717, 1.165) is 18.1 Å². The van der Waals surface area contributed by atoms with Gasteiger partial charge in [-0.25, -0.2) is 9.98 Å². The van der Waals surface area contributed by atoms with Crippen molar-refractivity contribution in [1.29, 1.82) is 0 Å². The molecule has 2 rings (SSSR count). The number of hydrogen-bond acceptors (Lipinski definition) is 5. The minimum atomic E-state index is -0.0542. The quantitative estimate of drug-likeness (QED) is 0.456. The average Bonchev–Trinajstić information content (AvgIpc) is 3.07. The molecule has 0 aliphatic rings. The molecule has 0 saturated carbocycles. The van der Waals surface area contributed by atoms with Crippen molar-refractivity contribution in [2.45, 2.75) is 39.7 Å². The van der Waals surface area contributed by atoms with Gasteiger partial charge in [-0.1, -0.05) is 20.8 Å². The first-order chi connectivity index (χ1) is 12.0. The van der Waals surface area contributed by atoms with Gasteiger partial charge in [0.15, 0.2) is 5.96 Å². The highest BCUT2D eigenvalue weighted by Gasteiger charge is 2.18. The van der Waals surface area contributed by atoms with Gasteiger partial charge in [0.2, 0.25) is 5.89 Å². The third-order valence-corrected chi connectivity index (χ3v) is 3.31. The van der Waals surface area contributed by atoms with Crippen LogP contribution in [0.4, 0.5) is 0 Å². The van der Waals surface area contributed by atoms with Gasteiger partial charge in [0.05, 0.1) is 18.9 Å². The van der Waals surface area contributed by atoms with Gasteiger partial charge in [0.25, 0.3) is 0 Å². The summed E-state index contributed by atoms with van der Waals surface area (Å²) in [5.74, 6) is 2.92. The van der Waals surface area contributed by atoms with Crippen molar-refractivity contribution < 1.29 is 9.15 Å². The van der Waals surface area contributed by atoms with Crippen molar-refractivity contribution >= 4 is 5.96 Å². The number of ether oxygens (including phenoxy) is 1. The Balaban J connectivity index is 1.82. The molecule has 2 N–H and O–H groups in total. The number of nitrogens with zero attached hydrogens (tertiary/aromatic N) is 3. The Morgan fingerprint density at radius 3 is 2.76 bits per heavy atom. The molecule has 0 spiro atoms. The summed E-state index contributed by atoms with van der Waals surface area (Å²) in [6.07, 6.45) is 5.18. The number of oxazole rings is 1. The van der Waals surface area contributed by atoms with Crippen LogP contribution in [0.3, 0.4) is 0 Å². The van der Waals surface area contributed by atoms with Crippen LogP contribution in [0.15, 0.2) is 40.1 Å². The SMILES string of the molecule is CCNC(=NCc1ncc(C(C)(C)C)o1)NCCOc1cccnc1. The Labute approximate surface area is 148 Å². The minimum absolute atomic E-state index is 0.0542. The topological polar surface area (TPSA) is 84.6 Å². The summed E-state index contributed by atoms with van der Waals surface area (Å²) in [5, 5.41) is 6.41. The second-order valence-corrected chi connectivity index (χ2v) is 6.53. The highest BCUT2D eigenvalue weighted by molar-refractivity contribution is 5.79. The van der Waals surface area contributed by atoms with Crippen LogP contribution < -0.4 is 15.4 Å². The average molecular weight is 345 g/mol. The van der Waals surface area contributed by atoms with Crippen molar-refractivity contribution in [2.24, 2.45) is 4.99 Å². The zero-order valence-electron chi connectivity index (χ0n) is 15.4. The summed E-state index contributed by atoms with van der Waals surface area (Å²) in [6.45, 7) is 10.6. The fraction of sp³-hybridized carbons (Fsp3) is 0.500. The number of rotatable bonds is 7. The molecule has 7 heteroatoms. The van der Waals surface area contributed by atoms with Crippen LogP contribution in [0.1, 0.15) is 39.3 Å². The molecule has 0 radical (unpaired) electrons. The largest absolute Gasteiger partial charge is 0.490 e. The Kier molecular flexibility index (Phi) is 6.80. The van der Waals surface area contributed by atoms with Gasteiger partial charge in [-0.15, -0.1) is 0 Å². The molecule has 2 aromatic heterocycles. The van der Waals surface area contributed by atoms with Crippen molar-refractivity contribution in [3.8, 4) is 5.75 Å². The Bertz CT molecular complexity index is 662. The molecule has 0 amide bonds. The maximum Gasteiger partial charge on any atom is 0.216 e. The lowest BCUT2D eigenvalue weighted by molar-refractivity contribution is 0.320. The normalized spacial score (nSPS) is 12.1. The first-order valence-electron chi connectivity index (χ1n) is 8.49. The summed E-state index contributed by atoms with van der Waals surface area (Å²) < 4.78 is 11.4. The zero-order chi connectivity index (χ0) is 18.1. The van der Waals surface area contributed by atoms with Crippen molar-refractivity contribution in [3.05, 3.63) is 42.4 Å². The van der Waals surface area contributed by atoms with Crippen molar-refractivity contribution in [1.82, 2.24) is 20.6 Å². The van der Waals surface area contributed by atoms with Crippen LogP contribution in [0.2, 0.25) is 0 Å². The fourth-order valence-electron chi connectivity index (χ4n) is 1.99. The van der Waals surface area contributed by atoms with Gasteiger partial charge >= 0.3 is 0 Å². The van der Waals surface area contributed by atoms with E-state index in [1.165, 1.54) is 0 Å². The number of pyridine rings is 1. The summed E-state index contributed by atoms with van der Waals surface area (Å²) in [7, 11) is 0. The maximum absolute atomic E-state index is 5.75. The van der Waals surface area contributed by atoms with E-state index >= 15 is 0 Å². The lowest BCUT2D eigenvalue weighted by Gasteiger charge is -2.13. The molecule has 0 bridgehead atoms. The standard InChI is InChI=1S/C18H27N5O2/c1-5-20-17(21-9-10-24-14-7-6-8-19-11-14)23-13-16-22-12-15(25-16)18(2,3)4/h6-8,11-12H,5,9-10,13H2,1-4H3,(H2,20,21,23). The monoisotopic (exact) mass is 345 g/mol. The Morgan fingerprint density at radius 2 is 2.12 bits per heavy atom. The highest BCUT2D eigenvalue weighted by Crippen LogP contribution is 2.22. The molecule has 2 aromatic rings. The lowest BCUT2D eigenvalue weighted by Crippen LogP contribution is -2.39. The molecule has 0 saturated heterocycles. The third-order valence-electron chi connectivity index (χ3n) is 3.31. The molecule has 7 nitrogen and oxygen atoms in total. The molecular weight excluding hydrogens is 318 g/mol. The summed E-state index contributed by atoms with van der Waals surface area (Å²) in [4.78, 5) is 12.8. The number of nitrogens with one attached hydrogen (secondary N) is 2. The summed E-state index contributed by atoms with van der Waals surface area (Å²) >= 11 is 0. The first kappa shape index (κ1) is 18.8. The predicted octanol–water partition coefficient (Wildman–Crippen LogP) is 2.50. The van der Waals surface area contributed by atoms with Gasteiger partial charge in [-0.2, -0.15) is 0 Å². The number of hydrogen-bond donors (Lipinski definition) is 2.